The minimum atomic E-state index is -1.70. The highest BCUT2D eigenvalue weighted by atomic mass is 32.1. The second-order valence-electron chi connectivity index (χ2n) is 14.5. The molecule has 0 bridgehead atoms. The van der Waals surface area contributed by atoms with Gasteiger partial charge < -0.3 is 78.6 Å². The Balaban J connectivity index is 1.70. The second-order valence-corrected chi connectivity index (χ2v) is 15.2. The summed E-state index contributed by atoms with van der Waals surface area (Å²) in [7, 11) is 0. The molecule has 10 atom stereocenters. The summed E-state index contributed by atoms with van der Waals surface area (Å²) in [6.45, 7) is -1.74. The fourth-order valence-electron chi connectivity index (χ4n) is 6.07. The van der Waals surface area contributed by atoms with Gasteiger partial charge in [0, 0.05) is 24.9 Å². The lowest BCUT2D eigenvalue weighted by Crippen LogP contribution is -2.65. The number of primary amides is 1. The van der Waals surface area contributed by atoms with Gasteiger partial charge in [-0.2, -0.15) is 25.3 Å². The number of phenolic OH excluding ortho intramolecular Hbond substituents is 1. The van der Waals surface area contributed by atoms with Crippen LogP contribution in [0.25, 0.3) is 0 Å². The molecule has 0 aromatic heterocycles. The highest BCUT2D eigenvalue weighted by Gasteiger charge is 2.46. The number of hydrogen-bond acceptors (Lipinski definition) is 17. The SMILES string of the molecule is CC(=O)N[C@H]1[C@@H](OC[C@H](NC(=O)[C@@H](CS)NC(=O)[C@H](Cc2ccccc2)NC(=O)CNC(=O)[C@@H](CS)NC(=O)[C@@H](N)Cc2ccc(O)cc2)C(=O)NCC(N)=O)O[C@H](CO)[C@H](O)[C@@H]1O. The van der Waals surface area contributed by atoms with Crippen molar-refractivity contribution in [3.05, 3.63) is 65.7 Å². The molecule has 15 N–H and O–H groups in total. The van der Waals surface area contributed by atoms with E-state index in [0.717, 1.165) is 6.92 Å². The van der Waals surface area contributed by atoms with E-state index < -0.39 is 134 Å². The summed E-state index contributed by atoms with van der Waals surface area (Å²) in [6, 6.07) is 6.33. The molecule has 1 fully saturated rings. The first-order valence-corrected chi connectivity index (χ1v) is 21.0. The number of nitrogens with one attached hydrogen (secondary N) is 7. The maximum atomic E-state index is 13.8. The molecular formula is C39H55N9O14S2. The number of hydrogen-bond donors (Lipinski definition) is 15. The molecule has 25 heteroatoms. The number of aromatic hydroxyl groups is 1. The normalized spacial score (nSPS) is 20.5. The Morgan fingerprint density at radius 3 is 1.86 bits per heavy atom. The smallest absolute Gasteiger partial charge is 0.245 e. The number of carbonyl (C=O) groups excluding carboxylic acids is 8. The van der Waals surface area contributed by atoms with Crippen molar-refractivity contribution in [1.29, 1.82) is 0 Å². The summed E-state index contributed by atoms with van der Waals surface area (Å²) in [6.07, 6.45) is -6.31. The first-order chi connectivity index (χ1) is 30.4. The zero-order valence-corrected chi connectivity index (χ0v) is 36.3. The molecule has 2 aromatic carbocycles. The van der Waals surface area contributed by atoms with Crippen LogP contribution in [0.3, 0.4) is 0 Å². The van der Waals surface area contributed by atoms with Gasteiger partial charge in [-0.3, -0.25) is 38.4 Å². The van der Waals surface area contributed by atoms with Gasteiger partial charge in [-0.25, -0.2) is 0 Å². The first kappa shape index (κ1) is 52.8. The van der Waals surface area contributed by atoms with E-state index in [2.05, 4.69) is 62.5 Å². The molecule has 0 spiro atoms. The average molecular weight is 938 g/mol. The molecule has 8 amide bonds. The molecule has 0 unspecified atom stereocenters. The largest absolute Gasteiger partial charge is 0.508 e. The zero-order valence-electron chi connectivity index (χ0n) is 34.5. The summed E-state index contributed by atoms with van der Waals surface area (Å²) in [5.41, 5.74) is 12.4. The van der Waals surface area contributed by atoms with Crippen LogP contribution in [0.15, 0.2) is 54.6 Å². The van der Waals surface area contributed by atoms with Crippen molar-refractivity contribution in [3.63, 3.8) is 0 Å². The Morgan fingerprint density at radius 1 is 0.719 bits per heavy atom. The maximum Gasteiger partial charge on any atom is 0.245 e. The molecule has 0 saturated carbocycles. The van der Waals surface area contributed by atoms with E-state index in [1.165, 1.54) is 12.1 Å². The third-order valence-electron chi connectivity index (χ3n) is 9.47. The van der Waals surface area contributed by atoms with Crippen LogP contribution in [0, 0.1) is 0 Å². The van der Waals surface area contributed by atoms with E-state index in [4.69, 9.17) is 20.9 Å². The highest BCUT2D eigenvalue weighted by Crippen LogP contribution is 2.22. The van der Waals surface area contributed by atoms with E-state index in [1.807, 2.05) is 0 Å². The lowest BCUT2D eigenvalue weighted by Gasteiger charge is -2.42. The lowest BCUT2D eigenvalue weighted by atomic mass is 9.97. The number of benzene rings is 2. The Bertz CT molecular complexity index is 1920. The van der Waals surface area contributed by atoms with Crippen LogP contribution >= 0.6 is 25.3 Å². The molecule has 1 saturated heterocycles. The van der Waals surface area contributed by atoms with Crippen molar-refractivity contribution in [3.8, 4) is 5.75 Å². The predicted octanol–water partition coefficient (Wildman–Crippen LogP) is -6.02. The number of carbonyl (C=O) groups is 8. The Kier molecular flexibility index (Phi) is 21.7. The van der Waals surface area contributed by atoms with Crippen LogP contribution in [0.4, 0.5) is 0 Å². The summed E-state index contributed by atoms with van der Waals surface area (Å²) in [5, 5.41) is 56.9. The molecule has 352 valence electrons. The zero-order chi connectivity index (χ0) is 47.5. The van der Waals surface area contributed by atoms with Crippen LogP contribution in [-0.4, -0.2) is 166 Å². The van der Waals surface area contributed by atoms with Gasteiger partial charge in [-0.05, 0) is 29.7 Å². The third kappa shape index (κ3) is 16.9. The molecule has 3 rings (SSSR count). The maximum absolute atomic E-state index is 13.8. The number of aliphatic hydroxyl groups is 3. The number of thiol groups is 2. The van der Waals surface area contributed by atoms with Gasteiger partial charge in [0.1, 0.15) is 54.3 Å². The molecule has 0 aliphatic carbocycles. The molecule has 1 aliphatic heterocycles. The van der Waals surface area contributed by atoms with Gasteiger partial charge in [-0.1, -0.05) is 42.5 Å². The first-order valence-electron chi connectivity index (χ1n) is 19.7. The fourth-order valence-corrected chi connectivity index (χ4v) is 6.58. The summed E-state index contributed by atoms with van der Waals surface area (Å²) >= 11 is 8.32. The van der Waals surface area contributed by atoms with Crippen molar-refractivity contribution >= 4 is 72.5 Å². The highest BCUT2D eigenvalue weighted by molar-refractivity contribution is 7.80. The van der Waals surface area contributed by atoms with Gasteiger partial charge in [0.15, 0.2) is 6.29 Å². The van der Waals surface area contributed by atoms with Crippen molar-refractivity contribution in [1.82, 2.24) is 37.2 Å². The molecule has 1 aliphatic rings. The monoisotopic (exact) mass is 937 g/mol. The number of aliphatic hydroxyl groups excluding tert-OH is 3. The second kappa shape index (κ2) is 26.3. The summed E-state index contributed by atoms with van der Waals surface area (Å²) < 4.78 is 11.2. The van der Waals surface area contributed by atoms with E-state index in [9.17, 15) is 58.8 Å². The Hall–Kier alpha value is -5.54. The van der Waals surface area contributed by atoms with E-state index in [0.29, 0.717) is 11.1 Å². The number of amides is 8. The van der Waals surface area contributed by atoms with Crippen molar-refractivity contribution in [2.75, 3.05) is 37.8 Å². The molecule has 64 heavy (non-hydrogen) atoms. The standard InChI is InChI=1S/C39H55N9O14S2/c1-19(50)44-31-33(55)32(54)28(15-49)62-39(31)61-16-25(35(57)42-13-29(41)52)46-38(60)27(18-64)48-37(59)24(12-20-5-3-2-4-6-20)45-30(53)14-43-36(58)26(17-63)47-34(56)23(40)11-21-7-9-22(51)10-8-21/h2-10,23-28,31-33,39,49,51,54-55,63-64H,11-18,40H2,1H3,(H2,41,52)(H,42,57)(H,43,58)(H,44,50)(H,45,53)(H,46,60)(H,47,56)(H,48,59)/t23-,24-,25-,26+,27+,28+,31+,32-,33+,39-/m0/s1. The third-order valence-corrected chi connectivity index (χ3v) is 10.2. The van der Waals surface area contributed by atoms with Crippen LogP contribution in [0.5, 0.6) is 5.75 Å². The van der Waals surface area contributed by atoms with Gasteiger partial charge in [-0.15, -0.1) is 0 Å². The Morgan fingerprint density at radius 2 is 1.27 bits per heavy atom. The summed E-state index contributed by atoms with van der Waals surface area (Å²) in [5.74, 6) is -7.28. The van der Waals surface area contributed by atoms with Crippen molar-refractivity contribution < 1.29 is 68.3 Å². The Labute approximate surface area is 378 Å². The number of rotatable bonds is 24. The van der Waals surface area contributed by atoms with Crippen molar-refractivity contribution in [2.24, 2.45) is 11.5 Å². The van der Waals surface area contributed by atoms with Crippen LogP contribution < -0.4 is 48.7 Å². The molecule has 2 aromatic rings. The van der Waals surface area contributed by atoms with E-state index in [-0.39, 0.29) is 30.1 Å². The van der Waals surface area contributed by atoms with Gasteiger partial charge in [0.25, 0.3) is 0 Å². The number of phenols is 1. The van der Waals surface area contributed by atoms with Crippen LogP contribution in [-0.2, 0) is 60.7 Å². The molecule has 1 heterocycles. The topological polar surface area (TPSA) is 372 Å². The van der Waals surface area contributed by atoms with Gasteiger partial charge >= 0.3 is 0 Å². The number of nitrogens with two attached hydrogens (primary N) is 2. The minimum Gasteiger partial charge on any atom is -0.508 e. The van der Waals surface area contributed by atoms with E-state index >= 15 is 0 Å². The average Bonchev–Trinajstić information content (AvgIpc) is 3.26. The summed E-state index contributed by atoms with van der Waals surface area (Å²) in [4.78, 5) is 103. The quantitative estimate of drug-likeness (QED) is 0.0436. The molecule has 23 nitrogen and oxygen atoms in total. The van der Waals surface area contributed by atoms with Gasteiger partial charge in [0.05, 0.1) is 32.3 Å². The van der Waals surface area contributed by atoms with E-state index in [1.54, 1.807) is 42.5 Å². The molecular weight excluding hydrogens is 883 g/mol. The van der Waals surface area contributed by atoms with Gasteiger partial charge in [0.2, 0.25) is 47.3 Å². The van der Waals surface area contributed by atoms with Crippen molar-refractivity contribution in [2.45, 2.75) is 80.6 Å². The minimum absolute atomic E-state index is 0.0338. The predicted molar refractivity (Wildman–Crippen MR) is 232 cm³/mol. The lowest BCUT2D eigenvalue weighted by molar-refractivity contribution is -0.271. The van der Waals surface area contributed by atoms with Crippen LogP contribution in [0.1, 0.15) is 18.1 Å². The molecule has 0 radical (unpaired) electrons. The number of ether oxygens (including phenoxy) is 2. The van der Waals surface area contributed by atoms with Crippen LogP contribution in [0.2, 0.25) is 0 Å². The fraction of sp³-hybridized carbons (Fsp3) is 0.487.